The maximum absolute atomic E-state index is 11.7. The van der Waals surface area contributed by atoms with Gasteiger partial charge in [0.1, 0.15) is 23.1 Å². The Morgan fingerprint density at radius 1 is 1.08 bits per heavy atom. The fraction of sp³-hybridized carbons (Fsp3) is 0.423. The van der Waals surface area contributed by atoms with Gasteiger partial charge in [0.2, 0.25) is 5.91 Å². The van der Waals surface area contributed by atoms with Gasteiger partial charge in [-0.15, -0.1) is 0 Å². The minimum atomic E-state index is 0.176. The van der Waals surface area contributed by atoms with Gasteiger partial charge in [-0.2, -0.15) is 5.10 Å². The van der Waals surface area contributed by atoms with Gasteiger partial charge in [-0.05, 0) is 43.9 Å². The lowest BCUT2D eigenvalue weighted by molar-refractivity contribution is -0.131. The van der Waals surface area contributed by atoms with Crippen LogP contribution in [-0.4, -0.2) is 66.7 Å². The minimum Gasteiger partial charge on any atom is -0.355 e. The Labute approximate surface area is 208 Å². The Kier molecular flexibility index (Phi) is 4.77. The van der Waals surface area contributed by atoms with Crippen LogP contribution < -0.4 is 10.2 Å². The molecule has 3 fully saturated rings. The number of anilines is 3. The number of carbonyl (C=O) groups excluding carboxylic acids is 1. The maximum atomic E-state index is 11.7. The van der Waals surface area contributed by atoms with Gasteiger partial charge >= 0.3 is 0 Å². The predicted octanol–water partition coefficient (Wildman–Crippen LogP) is 3.74. The molecule has 4 aromatic rings. The molecule has 2 N–H and O–H groups in total. The third kappa shape index (κ3) is 3.86. The predicted molar refractivity (Wildman–Crippen MR) is 137 cm³/mol. The number of amides is 1. The summed E-state index contributed by atoms with van der Waals surface area (Å²) in [6, 6.07) is 8.52. The summed E-state index contributed by atoms with van der Waals surface area (Å²) in [4.78, 5) is 33.7. The summed E-state index contributed by atoms with van der Waals surface area (Å²) >= 11 is 0. The van der Waals surface area contributed by atoms with Crippen molar-refractivity contribution in [3.63, 3.8) is 0 Å². The van der Waals surface area contributed by atoms with Crippen molar-refractivity contribution in [2.45, 2.75) is 38.6 Å². The Bertz CT molecular complexity index is 1440. The molecule has 1 aliphatic carbocycles. The quantitative estimate of drug-likeness (QED) is 0.445. The van der Waals surface area contributed by atoms with Crippen LogP contribution in [0.3, 0.4) is 0 Å². The van der Waals surface area contributed by atoms with E-state index in [0.717, 1.165) is 67.3 Å². The summed E-state index contributed by atoms with van der Waals surface area (Å²) in [6.07, 6.45) is 10.2. The third-order valence-corrected chi connectivity index (χ3v) is 7.80. The number of H-pyrrole nitrogens is 1. The van der Waals surface area contributed by atoms with E-state index >= 15 is 0 Å². The summed E-state index contributed by atoms with van der Waals surface area (Å²) < 4.78 is 2.03. The van der Waals surface area contributed by atoms with Crippen molar-refractivity contribution in [2.24, 2.45) is 5.41 Å². The number of carbonyl (C=O) groups is 1. The van der Waals surface area contributed by atoms with Gasteiger partial charge in [-0.3, -0.25) is 9.48 Å². The summed E-state index contributed by atoms with van der Waals surface area (Å²) in [7, 11) is 0. The smallest absolute Gasteiger partial charge is 0.219 e. The van der Waals surface area contributed by atoms with Gasteiger partial charge in [0.15, 0.2) is 5.82 Å². The van der Waals surface area contributed by atoms with Gasteiger partial charge < -0.3 is 20.1 Å². The number of hydrogen-bond acceptors (Lipinski definition) is 7. The monoisotopic (exact) mass is 483 g/mol. The molecule has 6 heterocycles. The molecule has 0 radical (unpaired) electrons. The fourth-order valence-corrected chi connectivity index (χ4v) is 5.45. The number of rotatable bonds is 5. The zero-order valence-corrected chi connectivity index (χ0v) is 20.3. The highest BCUT2D eigenvalue weighted by Crippen LogP contribution is 2.43. The first-order valence-electron chi connectivity index (χ1n) is 12.7. The van der Waals surface area contributed by atoms with Crippen LogP contribution >= 0.6 is 0 Å². The molecule has 0 atom stereocenters. The second-order valence-corrected chi connectivity index (χ2v) is 10.5. The number of pyridine rings is 1. The van der Waals surface area contributed by atoms with Crippen LogP contribution in [0.2, 0.25) is 0 Å². The number of fused-ring (bicyclic) bond motifs is 1. The zero-order valence-electron chi connectivity index (χ0n) is 20.3. The lowest BCUT2D eigenvalue weighted by Gasteiger charge is -2.54. The number of nitrogens with one attached hydrogen (secondary N) is 2. The number of hydrogen-bond donors (Lipinski definition) is 2. The standard InChI is InChI=1S/C26H29N9O/c1-17(36)33-10-7-26(8-11-33)15-34(16-26)23-12-22(29-21-5-2-18-6-9-27-24(18)30-21)31-25(32-23)19-13-28-35(14-19)20-3-4-20/h2,5-6,9,12-14,20H,3-4,7-8,10-11,15-16H2,1H3,(H2,27,29,30,31,32). The maximum Gasteiger partial charge on any atom is 0.219 e. The number of nitrogens with zero attached hydrogens (tertiary/aromatic N) is 7. The van der Waals surface area contributed by atoms with Crippen molar-refractivity contribution in [3.8, 4) is 11.4 Å². The zero-order chi connectivity index (χ0) is 24.3. The molecule has 7 rings (SSSR count). The summed E-state index contributed by atoms with van der Waals surface area (Å²) in [6.45, 7) is 5.25. The van der Waals surface area contributed by atoms with E-state index in [0.29, 0.717) is 17.7 Å². The van der Waals surface area contributed by atoms with Crippen LogP contribution in [0.25, 0.3) is 22.4 Å². The topological polar surface area (TPSA) is 108 Å². The van der Waals surface area contributed by atoms with E-state index in [1.54, 1.807) is 6.92 Å². The Balaban J connectivity index is 1.17. The highest BCUT2D eigenvalue weighted by molar-refractivity contribution is 5.78. The van der Waals surface area contributed by atoms with Crippen LogP contribution in [0.5, 0.6) is 0 Å². The number of likely N-dealkylation sites (tertiary alicyclic amines) is 1. The van der Waals surface area contributed by atoms with Crippen molar-refractivity contribution < 1.29 is 4.79 Å². The molecule has 1 spiro atoms. The lowest BCUT2D eigenvalue weighted by Crippen LogP contribution is -2.61. The van der Waals surface area contributed by atoms with Crippen LogP contribution in [-0.2, 0) is 4.79 Å². The van der Waals surface area contributed by atoms with Gasteiger partial charge in [0.25, 0.3) is 0 Å². The van der Waals surface area contributed by atoms with Crippen molar-refractivity contribution in [1.82, 2.24) is 34.6 Å². The van der Waals surface area contributed by atoms with Crippen molar-refractivity contribution >= 4 is 34.4 Å². The number of piperidine rings is 1. The van der Waals surface area contributed by atoms with Crippen molar-refractivity contribution in [2.75, 3.05) is 36.4 Å². The van der Waals surface area contributed by atoms with E-state index in [4.69, 9.17) is 9.97 Å². The summed E-state index contributed by atoms with van der Waals surface area (Å²) in [5.74, 6) is 3.18. The van der Waals surface area contributed by atoms with E-state index in [-0.39, 0.29) is 11.3 Å². The summed E-state index contributed by atoms with van der Waals surface area (Å²) in [5, 5.41) is 9.01. The normalized spacial score (nSPS) is 19.0. The highest BCUT2D eigenvalue weighted by Gasteiger charge is 2.45. The average Bonchev–Trinajstić information content (AvgIpc) is 3.40. The molecular weight excluding hydrogens is 454 g/mol. The van der Waals surface area contributed by atoms with Crippen LogP contribution in [0.1, 0.15) is 38.6 Å². The molecule has 4 aromatic heterocycles. The lowest BCUT2D eigenvalue weighted by atomic mass is 9.72. The minimum absolute atomic E-state index is 0.176. The molecule has 3 aliphatic rings. The molecule has 36 heavy (non-hydrogen) atoms. The first-order chi connectivity index (χ1) is 17.5. The van der Waals surface area contributed by atoms with E-state index < -0.39 is 0 Å². The Morgan fingerprint density at radius 2 is 1.92 bits per heavy atom. The molecule has 1 saturated carbocycles. The third-order valence-electron chi connectivity index (χ3n) is 7.80. The average molecular weight is 484 g/mol. The van der Waals surface area contributed by atoms with E-state index in [9.17, 15) is 4.79 Å². The Hall–Kier alpha value is -3.95. The second kappa shape index (κ2) is 8.04. The molecule has 10 nitrogen and oxygen atoms in total. The molecule has 2 aliphatic heterocycles. The second-order valence-electron chi connectivity index (χ2n) is 10.5. The van der Waals surface area contributed by atoms with E-state index in [2.05, 4.69) is 31.5 Å². The molecule has 0 unspecified atom stereocenters. The van der Waals surface area contributed by atoms with Crippen LogP contribution in [0, 0.1) is 5.41 Å². The molecule has 0 aromatic carbocycles. The first-order valence-corrected chi connectivity index (χ1v) is 12.7. The van der Waals surface area contributed by atoms with Gasteiger partial charge in [0, 0.05) is 62.4 Å². The summed E-state index contributed by atoms with van der Waals surface area (Å²) in [5.41, 5.74) is 2.02. The van der Waals surface area contributed by atoms with E-state index in [1.165, 1.54) is 12.8 Å². The molecule has 184 valence electrons. The number of aromatic nitrogens is 6. The van der Waals surface area contributed by atoms with E-state index in [1.807, 2.05) is 46.2 Å². The molecule has 1 amide bonds. The SMILES string of the molecule is CC(=O)N1CCC2(CC1)CN(c1cc(Nc3ccc4cc[nH]c4n3)nc(-c3cnn(C4CC4)c3)n1)C2. The molecule has 10 heteroatoms. The number of aromatic amines is 1. The largest absolute Gasteiger partial charge is 0.355 e. The van der Waals surface area contributed by atoms with Crippen LogP contribution in [0.15, 0.2) is 42.9 Å². The Morgan fingerprint density at radius 3 is 2.69 bits per heavy atom. The van der Waals surface area contributed by atoms with Gasteiger partial charge in [-0.25, -0.2) is 15.0 Å². The molecular formula is C26H29N9O. The van der Waals surface area contributed by atoms with Gasteiger partial charge in [-0.1, -0.05) is 0 Å². The first kappa shape index (κ1) is 21.3. The molecule has 0 bridgehead atoms. The highest BCUT2D eigenvalue weighted by atomic mass is 16.2. The van der Waals surface area contributed by atoms with Crippen molar-refractivity contribution in [1.29, 1.82) is 0 Å². The van der Waals surface area contributed by atoms with Crippen LogP contribution in [0.4, 0.5) is 17.5 Å². The van der Waals surface area contributed by atoms with Gasteiger partial charge in [0.05, 0.1) is 17.8 Å². The fourth-order valence-electron chi connectivity index (χ4n) is 5.45. The van der Waals surface area contributed by atoms with Crippen molar-refractivity contribution in [3.05, 3.63) is 42.9 Å². The molecule has 2 saturated heterocycles.